The Kier molecular flexibility index (Phi) is 3.00. The molecule has 0 fully saturated rings. The van der Waals surface area contributed by atoms with E-state index in [1.54, 1.807) is 0 Å². The van der Waals surface area contributed by atoms with Crippen LogP contribution in [0.4, 0.5) is 5.69 Å². The van der Waals surface area contributed by atoms with Crippen LogP contribution in [0.1, 0.15) is 17.5 Å². The normalized spacial score (nSPS) is 13.8. The number of carbonyl (C=O) groups is 1. The quantitative estimate of drug-likeness (QED) is 0.451. The van der Waals surface area contributed by atoms with Crippen molar-refractivity contribution in [3.8, 4) is 0 Å². The van der Waals surface area contributed by atoms with Gasteiger partial charge in [0.25, 0.3) is 5.91 Å². The predicted octanol–water partition coefficient (Wildman–Crippen LogP) is 2.04. The van der Waals surface area contributed by atoms with Crippen molar-refractivity contribution in [3.63, 3.8) is 0 Å². The number of nitrogens with one attached hydrogen (secondary N) is 1. The average Bonchev–Trinajstić information content (AvgIpc) is 2.30. The summed E-state index contributed by atoms with van der Waals surface area (Å²) in [7, 11) is 0. The number of aryl methyl sites for hydroxylation is 1. The molecule has 4 heteroatoms. The molecule has 1 amide bonds. The first-order valence-corrected chi connectivity index (χ1v) is 5.08. The standard InChI is InChI=1S/C12H12N2O2/c15-12(8-13-16)14-11-7-3-5-9-4-1-2-6-10(9)11/h2-3,5-8,16H,1,4H2,(H,14,15)/b13-8+. The number of anilines is 1. The number of fused-ring (bicyclic) bond motifs is 1. The van der Waals surface area contributed by atoms with Crippen molar-refractivity contribution in [2.45, 2.75) is 12.8 Å². The van der Waals surface area contributed by atoms with Crippen LogP contribution in [0.3, 0.4) is 0 Å². The van der Waals surface area contributed by atoms with Gasteiger partial charge in [-0.15, -0.1) is 0 Å². The van der Waals surface area contributed by atoms with Gasteiger partial charge in [-0.2, -0.15) is 0 Å². The van der Waals surface area contributed by atoms with Crippen molar-refractivity contribution < 1.29 is 10.0 Å². The molecule has 0 heterocycles. The van der Waals surface area contributed by atoms with Crippen LogP contribution in [-0.2, 0) is 11.2 Å². The lowest BCUT2D eigenvalue weighted by Gasteiger charge is -2.14. The largest absolute Gasteiger partial charge is 0.411 e. The fourth-order valence-corrected chi connectivity index (χ4v) is 1.79. The topological polar surface area (TPSA) is 61.7 Å². The van der Waals surface area contributed by atoms with E-state index in [0.29, 0.717) is 0 Å². The number of rotatable bonds is 2. The predicted molar refractivity (Wildman–Crippen MR) is 62.7 cm³/mol. The number of benzene rings is 1. The number of hydrogen-bond donors (Lipinski definition) is 2. The summed E-state index contributed by atoms with van der Waals surface area (Å²) in [4.78, 5) is 11.3. The first-order chi connectivity index (χ1) is 7.81. The fraction of sp³-hybridized carbons (Fsp3) is 0.167. The summed E-state index contributed by atoms with van der Waals surface area (Å²) in [5, 5.41) is 13.6. The summed E-state index contributed by atoms with van der Waals surface area (Å²) in [6.07, 6.45) is 6.95. The first-order valence-electron chi connectivity index (χ1n) is 5.08. The Bertz CT molecular complexity index is 464. The van der Waals surface area contributed by atoms with Crippen LogP contribution in [0.15, 0.2) is 29.4 Å². The number of amides is 1. The number of carbonyl (C=O) groups excluding carboxylic acids is 1. The Hall–Kier alpha value is -2.10. The minimum Gasteiger partial charge on any atom is -0.411 e. The lowest BCUT2D eigenvalue weighted by Crippen LogP contribution is -2.14. The Morgan fingerprint density at radius 2 is 2.38 bits per heavy atom. The Balaban J connectivity index is 2.29. The zero-order valence-corrected chi connectivity index (χ0v) is 8.68. The SMILES string of the molecule is O=C(/C=N/O)Nc1cccc2c1C=CCC2. The third-order valence-corrected chi connectivity index (χ3v) is 2.49. The molecule has 1 aliphatic carbocycles. The van der Waals surface area contributed by atoms with Gasteiger partial charge < -0.3 is 10.5 Å². The smallest absolute Gasteiger partial charge is 0.270 e. The van der Waals surface area contributed by atoms with Gasteiger partial charge in [0.05, 0.1) is 0 Å². The van der Waals surface area contributed by atoms with E-state index >= 15 is 0 Å². The second-order valence-corrected chi connectivity index (χ2v) is 3.55. The van der Waals surface area contributed by atoms with E-state index in [4.69, 9.17) is 5.21 Å². The van der Waals surface area contributed by atoms with Crippen LogP contribution in [0, 0.1) is 0 Å². The lowest BCUT2D eigenvalue weighted by atomic mass is 9.96. The molecule has 0 saturated carbocycles. The van der Waals surface area contributed by atoms with Crippen molar-refractivity contribution in [1.82, 2.24) is 0 Å². The summed E-state index contributed by atoms with van der Waals surface area (Å²) >= 11 is 0. The molecule has 0 radical (unpaired) electrons. The van der Waals surface area contributed by atoms with Crippen LogP contribution >= 0.6 is 0 Å². The first kappa shape index (κ1) is 10.4. The summed E-state index contributed by atoms with van der Waals surface area (Å²) < 4.78 is 0. The van der Waals surface area contributed by atoms with E-state index in [2.05, 4.69) is 22.6 Å². The molecule has 0 saturated heterocycles. The van der Waals surface area contributed by atoms with Gasteiger partial charge in [-0.05, 0) is 24.5 Å². The maximum atomic E-state index is 11.3. The van der Waals surface area contributed by atoms with Crippen LogP contribution < -0.4 is 5.32 Å². The Morgan fingerprint density at radius 1 is 1.50 bits per heavy atom. The van der Waals surface area contributed by atoms with E-state index in [1.165, 1.54) is 5.56 Å². The minimum atomic E-state index is -0.435. The van der Waals surface area contributed by atoms with Crippen molar-refractivity contribution in [3.05, 3.63) is 35.4 Å². The molecule has 1 aliphatic rings. The highest BCUT2D eigenvalue weighted by Crippen LogP contribution is 2.26. The number of allylic oxidation sites excluding steroid dienone is 1. The molecule has 16 heavy (non-hydrogen) atoms. The molecular formula is C12H12N2O2. The van der Waals surface area contributed by atoms with Gasteiger partial charge in [-0.25, -0.2) is 0 Å². The van der Waals surface area contributed by atoms with Crippen LogP contribution in [0.2, 0.25) is 0 Å². The van der Waals surface area contributed by atoms with Crippen LogP contribution in [-0.4, -0.2) is 17.3 Å². The second kappa shape index (κ2) is 4.61. The maximum Gasteiger partial charge on any atom is 0.270 e. The molecule has 4 nitrogen and oxygen atoms in total. The molecule has 0 spiro atoms. The van der Waals surface area contributed by atoms with Gasteiger partial charge in [-0.1, -0.05) is 29.4 Å². The number of oxime groups is 1. The Labute approximate surface area is 93.3 Å². The average molecular weight is 216 g/mol. The van der Waals surface area contributed by atoms with Crippen molar-refractivity contribution >= 4 is 23.9 Å². The highest BCUT2D eigenvalue weighted by atomic mass is 16.4. The molecule has 2 N–H and O–H groups in total. The monoisotopic (exact) mass is 216 g/mol. The van der Waals surface area contributed by atoms with E-state index < -0.39 is 5.91 Å². The number of hydrogen-bond acceptors (Lipinski definition) is 3. The molecule has 1 aromatic carbocycles. The third kappa shape index (κ3) is 2.11. The highest BCUT2D eigenvalue weighted by molar-refractivity contribution is 6.31. The van der Waals surface area contributed by atoms with Crippen molar-refractivity contribution in [2.24, 2.45) is 5.16 Å². The molecule has 0 aromatic heterocycles. The molecular weight excluding hydrogens is 204 g/mol. The summed E-state index contributed by atoms with van der Waals surface area (Å²) in [5.74, 6) is -0.435. The molecule has 2 rings (SSSR count). The van der Waals surface area contributed by atoms with Gasteiger partial charge in [-0.3, -0.25) is 4.79 Å². The number of nitrogens with zero attached hydrogens (tertiary/aromatic N) is 1. The third-order valence-electron chi connectivity index (χ3n) is 2.49. The molecule has 0 unspecified atom stereocenters. The van der Waals surface area contributed by atoms with Gasteiger partial charge in [0, 0.05) is 11.3 Å². The molecule has 1 aromatic rings. The van der Waals surface area contributed by atoms with E-state index in [9.17, 15) is 4.79 Å². The summed E-state index contributed by atoms with van der Waals surface area (Å²) in [6.45, 7) is 0. The maximum absolute atomic E-state index is 11.3. The van der Waals surface area contributed by atoms with Gasteiger partial charge >= 0.3 is 0 Å². The van der Waals surface area contributed by atoms with Gasteiger partial charge in [0.15, 0.2) is 0 Å². The van der Waals surface area contributed by atoms with Crippen LogP contribution in [0.5, 0.6) is 0 Å². The molecule has 82 valence electrons. The van der Waals surface area contributed by atoms with Gasteiger partial charge in [0.1, 0.15) is 6.21 Å². The zero-order chi connectivity index (χ0) is 11.4. The lowest BCUT2D eigenvalue weighted by molar-refractivity contribution is -0.110. The second-order valence-electron chi connectivity index (χ2n) is 3.55. The van der Waals surface area contributed by atoms with E-state index in [0.717, 1.165) is 30.3 Å². The van der Waals surface area contributed by atoms with Crippen molar-refractivity contribution in [1.29, 1.82) is 0 Å². The minimum absolute atomic E-state index is 0.435. The fourth-order valence-electron chi connectivity index (χ4n) is 1.79. The summed E-state index contributed by atoms with van der Waals surface area (Å²) in [5.41, 5.74) is 3.01. The van der Waals surface area contributed by atoms with E-state index in [1.807, 2.05) is 18.2 Å². The van der Waals surface area contributed by atoms with Gasteiger partial charge in [0.2, 0.25) is 0 Å². The summed E-state index contributed by atoms with van der Waals surface area (Å²) in [6, 6.07) is 5.79. The Morgan fingerprint density at radius 3 is 3.19 bits per heavy atom. The molecule has 0 bridgehead atoms. The molecule has 0 atom stereocenters. The van der Waals surface area contributed by atoms with Crippen molar-refractivity contribution in [2.75, 3.05) is 5.32 Å². The molecule has 0 aliphatic heterocycles. The highest BCUT2D eigenvalue weighted by Gasteiger charge is 2.09. The zero-order valence-electron chi connectivity index (χ0n) is 8.68. The van der Waals surface area contributed by atoms with E-state index in [-0.39, 0.29) is 0 Å². The van der Waals surface area contributed by atoms with Crippen LogP contribution in [0.25, 0.3) is 6.08 Å².